The van der Waals surface area contributed by atoms with E-state index in [-0.39, 0.29) is 13.1 Å². The van der Waals surface area contributed by atoms with Crippen molar-refractivity contribution in [3.63, 3.8) is 0 Å². The van der Waals surface area contributed by atoms with Crippen LogP contribution < -0.4 is 0 Å². The molecule has 6 nitrogen and oxygen atoms in total. The van der Waals surface area contributed by atoms with Crippen LogP contribution >= 0.6 is 0 Å². The maximum Gasteiger partial charge on any atom is 0.110 e. The van der Waals surface area contributed by atoms with Crippen LogP contribution in [0.1, 0.15) is 22.8 Å². The molecule has 0 N–H and O–H groups in total. The second-order valence-corrected chi connectivity index (χ2v) is 7.02. The van der Waals surface area contributed by atoms with Crippen molar-refractivity contribution in [2.24, 2.45) is 0 Å². The van der Waals surface area contributed by atoms with Crippen molar-refractivity contribution in [1.82, 2.24) is 19.1 Å². The summed E-state index contributed by atoms with van der Waals surface area (Å²) in [6, 6.07) is 20.3. The van der Waals surface area contributed by atoms with Gasteiger partial charge in [-0.1, -0.05) is 0 Å². The van der Waals surface area contributed by atoms with Crippen LogP contribution in [0.5, 0.6) is 0 Å². The summed E-state index contributed by atoms with van der Waals surface area (Å²) in [7, 11) is 0. The highest BCUT2D eigenvalue weighted by atomic mass is 15.0. The van der Waals surface area contributed by atoms with Gasteiger partial charge in [-0.05, 0) is 72.8 Å². The molecule has 0 aromatic carbocycles. The molecule has 0 saturated heterocycles. The summed E-state index contributed by atoms with van der Waals surface area (Å²) in [5.74, 6) is 0. The molecule has 30 heavy (non-hydrogen) atoms. The summed E-state index contributed by atoms with van der Waals surface area (Å²) in [5, 5.41) is 18.6. The molecular formula is C24H16N6. The molecule has 2 aliphatic rings. The van der Waals surface area contributed by atoms with Crippen LogP contribution in [0, 0.1) is 22.7 Å². The molecule has 2 aliphatic heterocycles. The van der Waals surface area contributed by atoms with Crippen LogP contribution in [-0.4, -0.2) is 19.1 Å². The second kappa shape index (κ2) is 7.20. The molecule has 5 heterocycles. The summed E-state index contributed by atoms with van der Waals surface area (Å²) in [5.41, 5.74) is 6.90. The van der Waals surface area contributed by atoms with E-state index in [9.17, 15) is 10.5 Å². The fourth-order valence-corrected chi connectivity index (χ4v) is 3.73. The van der Waals surface area contributed by atoms with Gasteiger partial charge in [-0.3, -0.25) is 0 Å². The topological polar surface area (TPSA) is 83.2 Å². The van der Waals surface area contributed by atoms with Crippen molar-refractivity contribution in [2.75, 3.05) is 0 Å². The molecule has 142 valence electrons. The smallest absolute Gasteiger partial charge is 0.110 e. The number of hydrogen-bond acceptors (Lipinski definition) is 4. The maximum absolute atomic E-state index is 9.30. The molecule has 0 spiro atoms. The van der Waals surface area contributed by atoms with E-state index in [1.165, 1.54) is 0 Å². The molecule has 3 aromatic rings. The van der Waals surface area contributed by atoms with Crippen LogP contribution in [-0.2, 0) is 13.1 Å². The lowest BCUT2D eigenvalue weighted by molar-refractivity contribution is 0.905. The number of rotatable bonds is 2. The van der Waals surface area contributed by atoms with Crippen molar-refractivity contribution in [3.05, 3.63) is 71.3 Å². The molecule has 8 bridgehead atoms. The van der Waals surface area contributed by atoms with E-state index in [1.54, 1.807) is 0 Å². The lowest BCUT2D eigenvalue weighted by Gasteiger charge is -2.00. The van der Waals surface area contributed by atoms with Crippen LogP contribution in [0.4, 0.5) is 0 Å². The average Bonchev–Trinajstić information content (AvgIpc) is 3.51. The summed E-state index contributed by atoms with van der Waals surface area (Å²) < 4.78 is 3.90. The highest BCUT2D eigenvalue weighted by Gasteiger charge is 2.06. The number of fused-ring (bicyclic) bond motifs is 8. The van der Waals surface area contributed by atoms with Gasteiger partial charge in [0.2, 0.25) is 0 Å². The predicted molar refractivity (Wildman–Crippen MR) is 117 cm³/mol. The first-order valence-corrected chi connectivity index (χ1v) is 9.53. The number of nitrogens with zero attached hydrogens (tertiary/aromatic N) is 6. The first kappa shape index (κ1) is 17.7. The van der Waals surface area contributed by atoms with Gasteiger partial charge in [0.1, 0.15) is 13.1 Å². The minimum atomic E-state index is 0.243. The van der Waals surface area contributed by atoms with Gasteiger partial charge in [-0.15, -0.1) is 0 Å². The summed E-state index contributed by atoms with van der Waals surface area (Å²) in [4.78, 5) is 9.37. The fourth-order valence-electron chi connectivity index (χ4n) is 3.73. The molecule has 0 saturated carbocycles. The quantitative estimate of drug-likeness (QED) is 0.441. The van der Waals surface area contributed by atoms with Crippen molar-refractivity contribution < 1.29 is 0 Å². The van der Waals surface area contributed by atoms with Crippen molar-refractivity contribution in [1.29, 1.82) is 10.5 Å². The number of aromatic nitrogens is 4. The standard InChI is InChI=1S/C24H16N6/c25-9-11-29-21-5-6-23(29)15-19-3-4-20(28-19)16-24-8-7-22(30(24)12-10-26)14-18-2-1-17(13-21)27-18/h1-8,13-16H,11-12H2. The van der Waals surface area contributed by atoms with Gasteiger partial charge in [0.15, 0.2) is 0 Å². The van der Waals surface area contributed by atoms with Crippen molar-refractivity contribution >= 4 is 46.4 Å². The first-order chi connectivity index (χ1) is 14.7. The molecule has 6 heteroatoms. The van der Waals surface area contributed by atoms with Gasteiger partial charge < -0.3 is 9.13 Å². The highest BCUT2D eigenvalue weighted by molar-refractivity contribution is 5.78. The summed E-state index contributed by atoms with van der Waals surface area (Å²) in [6.07, 6.45) is 7.80. The molecule has 0 radical (unpaired) electrons. The third-order valence-corrected chi connectivity index (χ3v) is 5.10. The van der Waals surface area contributed by atoms with Crippen molar-refractivity contribution in [2.45, 2.75) is 13.1 Å². The highest BCUT2D eigenvalue weighted by Crippen LogP contribution is 2.20. The van der Waals surface area contributed by atoms with Crippen LogP contribution in [0.2, 0.25) is 0 Å². The Bertz CT molecular complexity index is 1270. The summed E-state index contributed by atoms with van der Waals surface area (Å²) >= 11 is 0. The van der Waals surface area contributed by atoms with Gasteiger partial charge in [0, 0.05) is 22.1 Å². The van der Waals surface area contributed by atoms with E-state index < -0.39 is 0 Å². The van der Waals surface area contributed by atoms with E-state index in [4.69, 9.17) is 0 Å². The summed E-state index contributed by atoms with van der Waals surface area (Å²) in [6.45, 7) is 0.486. The third kappa shape index (κ3) is 3.17. The van der Waals surface area contributed by atoms with Gasteiger partial charge in [-0.2, -0.15) is 10.5 Å². The number of hydrogen-bond donors (Lipinski definition) is 0. The van der Waals surface area contributed by atoms with Gasteiger partial charge in [0.05, 0.1) is 34.9 Å². The third-order valence-electron chi connectivity index (χ3n) is 5.10. The molecule has 0 aliphatic carbocycles. The Labute approximate surface area is 172 Å². The average molecular weight is 388 g/mol. The van der Waals surface area contributed by atoms with E-state index in [0.29, 0.717) is 0 Å². The minimum absolute atomic E-state index is 0.243. The van der Waals surface area contributed by atoms with E-state index in [1.807, 2.05) is 82.0 Å². The minimum Gasteiger partial charge on any atom is -0.327 e. The van der Waals surface area contributed by atoms with Gasteiger partial charge in [-0.25, -0.2) is 9.97 Å². The molecule has 5 rings (SSSR count). The predicted octanol–water partition coefficient (Wildman–Crippen LogP) is 4.65. The molecular weight excluding hydrogens is 372 g/mol. The second-order valence-electron chi connectivity index (χ2n) is 7.02. The normalized spacial score (nSPS) is 11.9. The lowest BCUT2D eigenvalue weighted by Crippen LogP contribution is -1.95. The monoisotopic (exact) mass is 388 g/mol. The Morgan fingerprint density at radius 3 is 1.13 bits per heavy atom. The van der Waals surface area contributed by atoms with Crippen LogP contribution in [0.3, 0.4) is 0 Å². The van der Waals surface area contributed by atoms with Crippen LogP contribution in [0.15, 0.2) is 48.5 Å². The van der Waals surface area contributed by atoms with E-state index in [2.05, 4.69) is 22.1 Å². The van der Waals surface area contributed by atoms with E-state index in [0.717, 1.165) is 44.8 Å². The Hall–Kier alpha value is -4.42. The zero-order valence-electron chi connectivity index (χ0n) is 16.0. The zero-order chi connectivity index (χ0) is 20.5. The first-order valence-electron chi connectivity index (χ1n) is 9.53. The molecule has 3 aromatic heterocycles. The molecule has 0 unspecified atom stereocenters. The Morgan fingerprint density at radius 2 is 0.867 bits per heavy atom. The Morgan fingerprint density at radius 1 is 0.567 bits per heavy atom. The Balaban J connectivity index is 1.88. The van der Waals surface area contributed by atoms with E-state index >= 15 is 0 Å². The number of nitriles is 2. The van der Waals surface area contributed by atoms with Crippen molar-refractivity contribution in [3.8, 4) is 12.1 Å². The largest absolute Gasteiger partial charge is 0.327 e. The maximum atomic E-state index is 9.30. The van der Waals surface area contributed by atoms with Gasteiger partial charge >= 0.3 is 0 Å². The fraction of sp³-hybridized carbons (Fsp3) is 0.0833. The SMILES string of the molecule is N#CCn1c2ccc1cc1nc(cc3ccc(cc4nc(c2)C=C4)n3CC#N)C=C1. The molecule has 0 fully saturated rings. The molecule has 0 atom stereocenters. The Kier molecular flexibility index (Phi) is 4.24. The molecule has 0 amide bonds. The lowest BCUT2D eigenvalue weighted by atomic mass is 10.3. The van der Waals surface area contributed by atoms with Gasteiger partial charge in [0.25, 0.3) is 0 Å². The zero-order valence-corrected chi connectivity index (χ0v) is 16.0. The van der Waals surface area contributed by atoms with Crippen LogP contribution in [0.25, 0.3) is 46.4 Å².